The van der Waals surface area contributed by atoms with Crippen molar-refractivity contribution in [2.75, 3.05) is 13.2 Å². The Kier molecular flexibility index (Phi) is 6.81. The molecule has 1 amide bonds. The molecular weight excluding hydrogens is 460 g/mol. The van der Waals surface area contributed by atoms with Crippen molar-refractivity contribution in [3.05, 3.63) is 92.0 Å². The Balaban J connectivity index is 1.34. The minimum absolute atomic E-state index is 0.106. The predicted molar refractivity (Wildman–Crippen MR) is 123 cm³/mol. The van der Waals surface area contributed by atoms with E-state index in [4.69, 9.17) is 14.2 Å². The summed E-state index contributed by atoms with van der Waals surface area (Å²) in [7, 11) is 0. The lowest BCUT2D eigenvalue weighted by atomic mass is 10.1. The van der Waals surface area contributed by atoms with Crippen LogP contribution in [0, 0.1) is 20.2 Å². The number of hydrazone groups is 1. The monoisotopic (exact) mass is 478 g/mol. The molecule has 0 saturated carbocycles. The Morgan fingerprint density at radius 1 is 0.971 bits per heavy atom. The van der Waals surface area contributed by atoms with Crippen LogP contribution in [0.25, 0.3) is 0 Å². The van der Waals surface area contributed by atoms with E-state index in [0.29, 0.717) is 30.3 Å². The SMILES string of the molecule is O=C(Cc1ccc2c(c1)OCCO2)N/N=C/c1ccc(Oc2ccc([N+](=O)[O-])cc2[N+](=O)[O-])cc1. The third-order valence-electron chi connectivity index (χ3n) is 4.83. The van der Waals surface area contributed by atoms with Gasteiger partial charge in [0.05, 0.1) is 28.5 Å². The third-order valence-corrected chi connectivity index (χ3v) is 4.83. The number of fused-ring (bicyclic) bond motifs is 1. The highest BCUT2D eigenvalue weighted by Gasteiger charge is 2.21. The van der Waals surface area contributed by atoms with Crippen LogP contribution in [0.15, 0.2) is 65.8 Å². The second kappa shape index (κ2) is 10.3. The summed E-state index contributed by atoms with van der Waals surface area (Å²) in [5.41, 5.74) is 2.90. The summed E-state index contributed by atoms with van der Waals surface area (Å²) in [4.78, 5) is 32.8. The van der Waals surface area contributed by atoms with E-state index >= 15 is 0 Å². The molecule has 0 atom stereocenters. The van der Waals surface area contributed by atoms with Gasteiger partial charge in [0.1, 0.15) is 19.0 Å². The first-order chi connectivity index (χ1) is 16.9. The van der Waals surface area contributed by atoms with Gasteiger partial charge in [-0.3, -0.25) is 25.0 Å². The van der Waals surface area contributed by atoms with E-state index in [0.717, 1.165) is 17.7 Å². The first-order valence-corrected chi connectivity index (χ1v) is 10.3. The number of nitro benzene ring substituents is 2. The van der Waals surface area contributed by atoms with Gasteiger partial charge in [-0.05, 0) is 53.6 Å². The lowest BCUT2D eigenvalue weighted by molar-refractivity contribution is -0.394. The van der Waals surface area contributed by atoms with Crippen molar-refractivity contribution in [2.45, 2.75) is 6.42 Å². The van der Waals surface area contributed by atoms with Crippen LogP contribution in [0.1, 0.15) is 11.1 Å². The molecule has 3 aromatic carbocycles. The Hall–Kier alpha value is -5.00. The quantitative estimate of drug-likeness (QED) is 0.291. The van der Waals surface area contributed by atoms with Crippen LogP contribution in [-0.2, 0) is 11.2 Å². The molecule has 0 unspecified atom stereocenters. The number of carbonyl (C=O) groups excluding carboxylic acids is 1. The van der Waals surface area contributed by atoms with E-state index in [2.05, 4.69) is 10.5 Å². The molecule has 0 fully saturated rings. The number of carbonyl (C=O) groups is 1. The summed E-state index contributed by atoms with van der Waals surface area (Å²) in [5, 5.41) is 26.0. The Bertz CT molecular complexity index is 1310. The number of non-ortho nitro benzene ring substituents is 1. The van der Waals surface area contributed by atoms with Gasteiger partial charge < -0.3 is 14.2 Å². The van der Waals surface area contributed by atoms with Gasteiger partial charge in [-0.2, -0.15) is 5.10 Å². The van der Waals surface area contributed by atoms with Crippen molar-refractivity contribution in [1.82, 2.24) is 5.43 Å². The number of benzene rings is 3. The number of hydrogen-bond acceptors (Lipinski definition) is 9. The average Bonchev–Trinajstić information content (AvgIpc) is 2.85. The van der Waals surface area contributed by atoms with Crippen LogP contribution >= 0.6 is 0 Å². The zero-order valence-corrected chi connectivity index (χ0v) is 18.1. The molecular formula is C23H18N4O8. The first-order valence-electron chi connectivity index (χ1n) is 10.3. The van der Waals surface area contributed by atoms with Crippen LogP contribution in [0.5, 0.6) is 23.0 Å². The Labute approximate surface area is 198 Å². The highest BCUT2D eigenvalue weighted by Crippen LogP contribution is 2.34. The van der Waals surface area contributed by atoms with Crippen molar-refractivity contribution in [1.29, 1.82) is 0 Å². The highest BCUT2D eigenvalue weighted by molar-refractivity contribution is 5.83. The fourth-order valence-electron chi connectivity index (χ4n) is 3.20. The van der Waals surface area contributed by atoms with E-state index < -0.39 is 21.2 Å². The summed E-state index contributed by atoms with van der Waals surface area (Å²) in [6.45, 7) is 0.952. The zero-order valence-electron chi connectivity index (χ0n) is 18.1. The second-order valence-electron chi connectivity index (χ2n) is 7.29. The first kappa shape index (κ1) is 23.2. The van der Waals surface area contributed by atoms with E-state index in [1.807, 2.05) is 0 Å². The molecule has 1 N–H and O–H groups in total. The summed E-state index contributed by atoms with van der Waals surface area (Å²) in [6, 6.07) is 14.8. The maximum absolute atomic E-state index is 12.2. The van der Waals surface area contributed by atoms with E-state index in [-0.39, 0.29) is 23.8 Å². The summed E-state index contributed by atoms with van der Waals surface area (Å²) in [6.07, 6.45) is 1.54. The highest BCUT2D eigenvalue weighted by atomic mass is 16.6. The number of nitro groups is 2. The topological polar surface area (TPSA) is 155 Å². The third kappa shape index (κ3) is 5.87. The van der Waals surface area contributed by atoms with Gasteiger partial charge in [0.15, 0.2) is 11.5 Å². The largest absolute Gasteiger partial charge is 0.486 e. The van der Waals surface area contributed by atoms with Crippen LogP contribution in [-0.4, -0.2) is 35.2 Å². The van der Waals surface area contributed by atoms with Crippen molar-refractivity contribution in [2.24, 2.45) is 5.10 Å². The molecule has 12 nitrogen and oxygen atoms in total. The van der Waals surface area contributed by atoms with Crippen LogP contribution in [0.2, 0.25) is 0 Å². The van der Waals surface area contributed by atoms with Gasteiger partial charge in [-0.25, -0.2) is 5.43 Å². The molecule has 0 bridgehead atoms. The molecule has 0 aliphatic carbocycles. The molecule has 178 valence electrons. The molecule has 1 heterocycles. The molecule has 0 saturated heterocycles. The fourth-order valence-corrected chi connectivity index (χ4v) is 3.20. The van der Waals surface area contributed by atoms with Crippen molar-refractivity contribution >= 4 is 23.5 Å². The van der Waals surface area contributed by atoms with Crippen LogP contribution < -0.4 is 19.6 Å². The number of nitrogens with one attached hydrogen (secondary N) is 1. The molecule has 0 spiro atoms. The van der Waals surface area contributed by atoms with E-state index in [1.165, 1.54) is 12.3 Å². The summed E-state index contributed by atoms with van der Waals surface area (Å²) >= 11 is 0. The number of ether oxygens (including phenoxy) is 3. The summed E-state index contributed by atoms with van der Waals surface area (Å²) in [5.74, 6) is 1.08. The average molecular weight is 478 g/mol. The minimum atomic E-state index is -0.753. The summed E-state index contributed by atoms with van der Waals surface area (Å²) < 4.78 is 16.5. The van der Waals surface area contributed by atoms with Gasteiger partial charge in [-0.1, -0.05) is 6.07 Å². The molecule has 12 heteroatoms. The minimum Gasteiger partial charge on any atom is -0.486 e. The fraction of sp³-hybridized carbons (Fsp3) is 0.130. The maximum Gasteiger partial charge on any atom is 0.318 e. The number of hydrogen-bond donors (Lipinski definition) is 1. The van der Waals surface area contributed by atoms with Crippen LogP contribution in [0.3, 0.4) is 0 Å². The molecule has 0 radical (unpaired) electrons. The van der Waals surface area contributed by atoms with Gasteiger partial charge in [-0.15, -0.1) is 0 Å². The Morgan fingerprint density at radius 2 is 1.71 bits per heavy atom. The zero-order chi connectivity index (χ0) is 24.8. The number of rotatable bonds is 8. The smallest absolute Gasteiger partial charge is 0.318 e. The molecule has 1 aliphatic rings. The normalized spacial score (nSPS) is 12.2. The molecule has 4 rings (SSSR count). The molecule has 1 aliphatic heterocycles. The standard InChI is InChI=1S/C23H18N4O8/c28-23(12-16-3-7-21-22(11-16)34-10-9-33-21)25-24-14-15-1-5-18(6-2-15)35-20-8-4-17(26(29)30)13-19(20)27(31)32/h1-8,11,13-14H,9-10,12H2,(H,25,28)/b24-14+. The molecule has 35 heavy (non-hydrogen) atoms. The van der Waals surface area contributed by atoms with Crippen LogP contribution in [0.4, 0.5) is 11.4 Å². The number of nitrogens with zero attached hydrogens (tertiary/aromatic N) is 3. The van der Waals surface area contributed by atoms with Gasteiger partial charge >= 0.3 is 5.69 Å². The molecule has 3 aromatic rings. The van der Waals surface area contributed by atoms with Crippen molar-refractivity contribution < 1.29 is 28.9 Å². The van der Waals surface area contributed by atoms with Gasteiger partial charge in [0.2, 0.25) is 11.7 Å². The predicted octanol–water partition coefficient (Wildman–Crippen LogP) is 3.76. The van der Waals surface area contributed by atoms with Gasteiger partial charge in [0.25, 0.3) is 5.69 Å². The van der Waals surface area contributed by atoms with Crippen molar-refractivity contribution in [3.63, 3.8) is 0 Å². The second-order valence-corrected chi connectivity index (χ2v) is 7.29. The lowest BCUT2D eigenvalue weighted by Gasteiger charge is -2.18. The van der Waals surface area contributed by atoms with E-state index in [1.54, 1.807) is 42.5 Å². The maximum atomic E-state index is 12.2. The lowest BCUT2D eigenvalue weighted by Crippen LogP contribution is -2.20. The van der Waals surface area contributed by atoms with E-state index in [9.17, 15) is 25.0 Å². The van der Waals surface area contributed by atoms with Crippen molar-refractivity contribution in [3.8, 4) is 23.0 Å². The molecule has 0 aromatic heterocycles. The Morgan fingerprint density at radius 3 is 2.43 bits per heavy atom. The van der Waals surface area contributed by atoms with Gasteiger partial charge in [0, 0.05) is 6.07 Å². The number of amides is 1.